The lowest BCUT2D eigenvalue weighted by molar-refractivity contribution is 0.544. The average molecular weight is 1100 g/mol. The molecule has 0 amide bonds. The largest absolute Gasteiger partial charge is 0.355 e. The second kappa shape index (κ2) is 45.1. The molecular weight excluding hydrogens is 969 g/mol. The first-order chi connectivity index (χ1) is 39.7. The maximum Gasteiger partial charge on any atom is 0.0690 e. The van der Waals surface area contributed by atoms with E-state index in [0.717, 1.165) is 48.5 Å². The fourth-order valence-electron chi connectivity index (χ4n) is 13.1. The van der Waals surface area contributed by atoms with Crippen molar-refractivity contribution in [3.63, 3.8) is 0 Å². The molecular formula is C76H126N4. The number of aryl methyl sites for hydroxylation is 4. The van der Waals surface area contributed by atoms with E-state index >= 15 is 0 Å². The molecule has 5 rings (SSSR count). The number of hydrogen-bond donors (Lipinski definition) is 2. The summed E-state index contributed by atoms with van der Waals surface area (Å²) in [6, 6.07) is 9.57. The Balaban J connectivity index is 1.40. The number of aromatic amines is 2. The first-order valence-electron chi connectivity index (χ1n) is 35.8. The predicted octanol–water partition coefficient (Wildman–Crippen LogP) is 25.6. The number of nitrogens with one attached hydrogen (secondary N) is 2. The number of unbranched alkanes of at least 4 members (excludes halogenated alkanes) is 44. The second-order valence-corrected chi connectivity index (χ2v) is 25.5. The molecule has 0 saturated heterocycles. The van der Waals surface area contributed by atoms with Crippen molar-refractivity contribution in [1.29, 1.82) is 0 Å². The normalized spacial score (nSPS) is 12.2. The maximum atomic E-state index is 5.66. The van der Waals surface area contributed by atoms with Crippen LogP contribution in [0.15, 0.2) is 24.3 Å². The minimum atomic E-state index is 1.05. The maximum absolute atomic E-state index is 5.66. The highest BCUT2D eigenvalue weighted by Crippen LogP contribution is 2.31. The van der Waals surface area contributed by atoms with E-state index in [1.54, 1.807) is 0 Å². The van der Waals surface area contributed by atoms with Crippen LogP contribution in [0.25, 0.3) is 46.4 Å². The molecule has 8 bridgehead atoms. The molecule has 2 aliphatic heterocycles. The molecule has 450 valence electrons. The van der Waals surface area contributed by atoms with Gasteiger partial charge in [-0.15, -0.1) is 0 Å². The number of nitrogens with zero attached hydrogens (tertiary/aromatic N) is 2. The smallest absolute Gasteiger partial charge is 0.0690 e. The number of hydrogen-bond acceptors (Lipinski definition) is 2. The fourth-order valence-corrected chi connectivity index (χ4v) is 13.1. The Morgan fingerprint density at radius 1 is 0.212 bits per heavy atom. The zero-order valence-corrected chi connectivity index (χ0v) is 53.3. The molecule has 0 unspecified atom stereocenters. The summed E-state index contributed by atoms with van der Waals surface area (Å²) < 4.78 is 0. The number of rotatable bonds is 52. The van der Waals surface area contributed by atoms with Crippen LogP contribution in [0.5, 0.6) is 0 Å². The van der Waals surface area contributed by atoms with Gasteiger partial charge in [-0.3, -0.25) is 0 Å². The molecule has 4 nitrogen and oxygen atoms in total. The quantitative estimate of drug-likeness (QED) is 0.0381. The lowest BCUT2D eigenvalue weighted by Crippen LogP contribution is -1.96. The number of H-pyrrole nitrogens is 2. The van der Waals surface area contributed by atoms with Gasteiger partial charge in [-0.05, 0) is 99.9 Å². The second-order valence-electron chi connectivity index (χ2n) is 25.5. The SMILES string of the molecule is CCCCCCCCCCCCCCc1c2nc(c(CCCCCCCCCCCCCC)c3ccc([nH]3)c(CCCCCCCCCCCCCC)c3nc(c(CCCCCCCCCCCCCC)c4ccc1[nH]4)C=C3)C=C2. The minimum Gasteiger partial charge on any atom is -0.355 e. The Labute approximate surface area is 494 Å². The third-order valence-electron chi connectivity index (χ3n) is 18.3. The highest BCUT2D eigenvalue weighted by Gasteiger charge is 2.17. The van der Waals surface area contributed by atoms with Crippen LogP contribution in [0.4, 0.5) is 0 Å². The van der Waals surface area contributed by atoms with Gasteiger partial charge in [0.05, 0.1) is 22.8 Å². The minimum absolute atomic E-state index is 1.05. The highest BCUT2D eigenvalue weighted by atomic mass is 14.8. The molecule has 0 aromatic carbocycles. The van der Waals surface area contributed by atoms with Gasteiger partial charge < -0.3 is 9.97 Å². The summed E-state index contributed by atoms with van der Waals surface area (Å²) in [5, 5.41) is 0. The van der Waals surface area contributed by atoms with E-state index in [1.807, 2.05) is 0 Å². The Morgan fingerprint density at radius 3 is 0.525 bits per heavy atom. The third kappa shape index (κ3) is 27.8. The van der Waals surface area contributed by atoms with Crippen LogP contribution in [0, 0.1) is 0 Å². The van der Waals surface area contributed by atoms with E-state index in [-0.39, 0.29) is 0 Å². The van der Waals surface area contributed by atoms with Crippen molar-refractivity contribution in [2.24, 2.45) is 0 Å². The van der Waals surface area contributed by atoms with Gasteiger partial charge in [0.25, 0.3) is 0 Å². The summed E-state index contributed by atoms with van der Waals surface area (Å²) in [4.78, 5) is 19.5. The molecule has 3 aromatic heterocycles. The molecule has 0 saturated carbocycles. The van der Waals surface area contributed by atoms with Gasteiger partial charge >= 0.3 is 0 Å². The van der Waals surface area contributed by atoms with E-state index in [1.165, 1.54) is 353 Å². The van der Waals surface area contributed by atoms with Gasteiger partial charge in [0.15, 0.2) is 0 Å². The van der Waals surface area contributed by atoms with Gasteiger partial charge in [0, 0.05) is 44.3 Å². The predicted molar refractivity (Wildman–Crippen MR) is 358 cm³/mol. The van der Waals surface area contributed by atoms with Crippen molar-refractivity contribution in [3.05, 3.63) is 69.3 Å². The topological polar surface area (TPSA) is 57.4 Å². The average Bonchev–Trinajstić information content (AvgIpc) is 4.35. The number of fused-ring (bicyclic) bond motifs is 8. The molecule has 0 fully saturated rings. The van der Waals surface area contributed by atoms with E-state index in [9.17, 15) is 0 Å². The van der Waals surface area contributed by atoms with Crippen LogP contribution in [-0.4, -0.2) is 19.9 Å². The summed E-state index contributed by atoms with van der Waals surface area (Å²) in [5.41, 5.74) is 15.2. The molecule has 4 heteroatoms. The van der Waals surface area contributed by atoms with E-state index < -0.39 is 0 Å². The summed E-state index contributed by atoms with van der Waals surface area (Å²) in [6.45, 7) is 9.28. The standard InChI is InChI=1S/C76H126N4/c1-5-9-13-17-21-25-29-33-37-41-45-49-53-65-69-57-59-71(77-69)66(54-50-46-42-38-34-30-26-22-18-14-10-6-2)73-61-63-75(79-73)68(56-52-48-44-40-36-32-28-24-20-16-12-8-4)76-64-62-74(80-76)67(72-60-58-70(65)78-72)55-51-47-43-39-35-31-27-23-19-15-11-7-3/h57-64,77,80H,5-56H2,1-4H3. The Kier molecular flexibility index (Phi) is 38.0. The third-order valence-corrected chi connectivity index (χ3v) is 18.3. The van der Waals surface area contributed by atoms with Crippen LogP contribution in [0.2, 0.25) is 0 Å². The van der Waals surface area contributed by atoms with Crippen molar-refractivity contribution in [3.8, 4) is 0 Å². The zero-order chi connectivity index (χ0) is 56.2. The molecule has 2 aliphatic rings. The first kappa shape index (κ1) is 67.4. The first-order valence-corrected chi connectivity index (χ1v) is 35.8. The van der Waals surface area contributed by atoms with Gasteiger partial charge in [-0.25, -0.2) is 9.97 Å². The molecule has 0 radical (unpaired) electrons. The molecule has 0 atom stereocenters. The summed E-state index contributed by atoms with van der Waals surface area (Å²) in [6.07, 6.45) is 79.5. The molecule has 3 aromatic rings. The summed E-state index contributed by atoms with van der Waals surface area (Å²) in [5.74, 6) is 0. The molecule has 0 aliphatic carbocycles. The zero-order valence-electron chi connectivity index (χ0n) is 53.3. The Bertz CT molecular complexity index is 1930. The molecule has 2 N–H and O–H groups in total. The summed E-state index contributed by atoms with van der Waals surface area (Å²) >= 11 is 0. The monoisotopic (exact) mass is 1090 g/mol. The lowest BCUT2D eigenvalue weighted by atomic mass is 10.0. The number of aromatic nitrogens is 4. The van der Waals surface area contributed by atoms with Crippen molar-refractivity contribution in [2.45, 2.75) is 362 Å². The van der Waals surface area contributed by atoms with Crippen LogP contribution in [0.3, 0.4) is 0 Å². The Hall–Kier alpha value is -3.40. The van der Waals surface area contributed by atoms with Gasteiger partial charge in [-0.2, -0.15) is 0 Å². The Morgan fingerprint density at radius 2 is 0.362 bits per heavy atom. The summed E-state index contributed by atoms with van der Waals surface area (Å²) in [7, 11) is 0. The van der Waals surface area contributed by atoms with Gasteiger partial charge in [0.2, 0.25) is 0 Å². The molecule has 0 spiro atoms. The van der Waals surface area contributed by atoms with E-state index in [0.29, 0.717) is 0 Å². The van der Waals surface area contributed by atoms with Crippen molar-refractivity contribution in [2.75, 3.05) is 0 Å². The highest BCUT2D eigenvalue weighted by molar-refractivity contribution is 5.83. The van der Waals surface area contributed by atoms with Crippen LogP contribution < -0.4 is 0 Å². The van der Waals surface area contributed by atoms with Crippen LogP contribution in [0.1, 0.15) is 381 Å². The van der Waals surface area contributed by atoms with Crippen molar-refractivity contribution in [1.82, 2.24) is 19.9 Å². The molecule has 80 heavy (non-hydrogen) atoms. The lowest BCUT2D eigenvalue weighted by Gasteiger charge is -2.07. The van der Waals surface area contributed by atoms with E-state index in [2.05, 4.69) is 86.2 Å². The molecule has 5 heterocycles. The fraction of sp³-hybridized carbons (Fsp3) is 0.737. The van der Waals surface area contributed by atoms with Crippen molar-refractivity contribution < 1.29 is 0 Å². The van der Waals surface area contributed by atoms with Crippen LogP contribution in [-0.2, 0) is 25.7 Å². The van der Waals surface area contributed by atoms with E-state index in [4.69, 9.17) is 9.97 Å². The van der Waals surface area contributed by atoms with Gasteiger partial charge in [-0.1, -0.05) is 310 Å². The van der Waals surface area contributed by atoms with Gasteiger partial charge in [0.1, 0.15) is 0 Å². The van der Waals surface area contributed by atoms with Crippen LogP contribution >= 0.6 is 0 Å². The van der Waals surface area contributed by atoms with Crippen molar-refractivity contribution >= 4 is 46.4 Å².